The molecule has 2 unspecified atom stereocenters. The van der Waals surface area contributed by atoms with E-state index in [2.05, 4.69) is 10.6 Å². The van der Waals surface area contributed by atoms with Gasteiger partial charge in [-0.05, 0) is 30.5 Å². The number of carbonyl (C=O) groups is 5. The van der Waals surface area contributed by atoms with Crippen LogP contribution in [0.25, 0.3) is 0 Å². The van der Waals surface area contributed by atoms with Gasteiger partial charge in [-0.25, -0.2) is 0 Å². The van der Waals surface area contributed by atoms with Crippen molar-refractivity contribution in [3.63, 3.8) is 0 Å². The zero-order valence-electron chi connectivity index (χ0n) is 16.7. The van der Waals surface area contributed by atoms with Crippen LogP contribution in [0.1, 0.15) is 45.5 Å². The van der Waals surface area contributed by atoms with Crippen LogP contribution in [0.4, 0.5) is 5.69 Å². The summed E-state index contributed by atoms with van der Waals surface area (Å²) >= 11 is 0. The molecule has 0 bridgehead atoms. The quantitative estimate of drug-likeness (QED) is 0.522. The van der Waals surface area contributed by atoms with E-state index in [1.54, 1.807) is 18.2 Å². The van der Waals surface area contributed by atoms with Gasteiger partial charge in [-0.3, -0.25) is 29.4 Å². The predicted octanol–water partition coefficient (Wildman–Crippen LogP) is 1.70. The lowest BCUT2D eigenvalue weighted by Crippen LogP contribution is -2.54. The summed E-state index contributed by atoms with van der Waals surface area (Å²) < 4.78 is 0. The van der Waals surface area contributed by atoms with Crippen molar-refractivity contribution in [3.05, 3.63) is 65.2 Å². The van der Waals surface area contributed by atoms with Gasteiger partial charge in [0, 0.05) is 24.6 Å². The van der Waals surface area contributed by atoms with Gasteiger partial charge in [0.2, 0.25) is 11.8 Å². The minimum atomic E-state index is -1.02. The van der Waals surface area contributed by atoms with Crippen LogP contribution in [0.2, 0.25) is 0 Å². The zero-order valence-corrected chi connectivity index (χ0v) is 16.7. The van der Waals surface area contributed by atoms with E-state index in [4.69, 9.17) is 0 Å². The Kier molecular flexibility index (Phi) is 5.62. The van der Waals surface area contributed by atoms with E-state index in [0.29, 0.717) is 12.1 Å². The number of hydrogen-bond acceptors (Lipinski definition) is 6. The minimum absolute atomic E-state index is 0.0629. The summed E-state index contributed by atoms with van der Waals surface area (Å²) in [4.78, 5) is 62.0. The van der Waals surface area contributed by atoms with E-state index < -0.39 is 29.7 Å². The summed E-state index contributed by atoms with van der Waals surface area (Å²) in [6, 6.07) is 13.2. The molecule has 0 aromatic heterocycles. The van der Waals surface area contributed by atoms with Gasteiger partial charge in [0.25, 0.3) is 11.8 Å². The molecule has 0 aliphatic carbocycles. The number of nitrogens with one attached hydrogen (secondary N) is 2. The molecule has 0 radical (unpaired) electrons. The molecule has 1 fully saturated rings. The van der Waals surface area contributed by atoms with Gasteiger partial charge in [0.15, 0.2) is 0 Å². The van der Waals surface area contributed by atoms with E-state index in [1.807, 2.05) is 30.3 Å². The Labute approximate surface area is 178 Å². The molecule has 2 heterocycles. The summed E-state index contributed by atoms with van der Waals surface area (Å²) in [6.45, 7) is 0. The van der Waals surface area contributed by atoms with Crippen LogP contribution in [0.3, 0.4) is 0 Å². The Morgan fingerprint density at radius 2 is 1.81 bits per heavy atom. The van der Waals surface area contributed by atoms with Crippen LogP contribution in [0, 0.1) is 0 Å². The van der Waals surface area contributed by atoms with Crippen molar-refractivity contribution in [2.45, 2.75) is 37.8 Å². The van der Waals surface area contributed by atoms with Gasteiger partial charge in [0.1, 0.15) is 12.3 Å². The number of rotatable bonds is 7. The number of piperidine rings is 1. The maximum absolute atomic E-state index is 13.2. The molecule has 31 heavy (non-hydrogen) atoms. The summed E-state index contributed by atoms with van der Waals surface area (Å²) in [5.41, 5.74) is 1.85. The predicted molar refractivity (Wildman–Crippen MR) is 111 cm³/mol. The van der Waals surface area contributed by atoms with Crippen LogP contribution in [0.15, 0.2) is 48.5 Å². The third kappa shape index (κ3) is 3.96. The Morgan fingerprint density at radius 1 is 1.03 bits per heavy atom. The number of hydrogen-bond donors (Lipinski definition) is 2. The van der Waals surface area contributed by atoms with Crippen LogP contribution in [0.5, 0.6) is 0 Å². The molecule has 1 saturated heterocycles. The summed E-state index contributed by atoms with van der Waals surface area (Å²) in [5.74, 6) is -2.21. The Bertz CT molecular complexity index is 1070. The van der Waals surface area contributed by atoms with Crippen LogP contribution >= 0.6 is 0 Å². The number of carbonyl (C=O) groups excluding carboxylic acids is 5. The van der Waals surface area contributed by atoms with E-state index in [-0.39, 0.29) is 36.4 Å². The fourth-order valence-corrected chi connectivity index (χ4v) is 4.06. The molecular formula is C23H21N3O5. The first-order chi connectivity index (χ1) is 15.0. The van der Waals surface area contributed by atoms with Crippen molar-refractivity contribution in [1.82, 2.24) is 10.2 Å². The fraction of sp³-hybridized carbons (Fsp3) is 0.261. The van der Waals surface area contributed by atoms with Crippen molar-refractivity contribution in [2.24, 2.45) is 0 Å². The lowest BCUT2D eigenvalue weighted by Gasteiger charge is -2.28. The van der Waals surface area contributed by atoms with Crippen LogP contribution in [-0.2, 0) is 20.8 Å². The Hall–Kier alpha value is -3.81. The van der Waals surface area contributed by atoms with Gasteiger partial charge in [-0.15, -0.1) is 0 Å². The third-order valence-corrected chi connectivity index (χ3v) is 5.53. The molecule has 2 aromatic rings. The fourth-order valence-electron chi connectivity index (χ4n) is 4.06. The molecular weight excluding hydrogens is 398 g/mol. The molecule has 2 aliphatic heterocycles. The average Bonchev–Trinajstić information content (AvgIpc) is 3.00. The number of fused-ring (bicyclic) bond motifs is 1. The highest BCUT2D eigenvalue weighted by molar-refractivity contribution is 6.25. The first-order valence-corrected chi connectivity index (χ1v) is 10.1. The molecule has 2 N–H and O–H groups in total. The molecule has 2 aliphatic rings. The number of imide groups is 2. The van der Waals surface area contributed by atoms with Gasteiger partial charge in [0.05, 0.1) is 11.1 Å². The lowest BCUT2D eigenvalue weighted by molar-refractivity contribution is -0.136. The molecule has 8 heteroatoms. The number of benzene rings is 2. The number of anilines is 1. The molecule has 0 saturated carbocycles. The summed E-state index contributed by atoms with van der Waals surface area (Å²) in [6.07, 6.45) is 1.75. The van der Waals surface area contributed by atoms with Gasteiger partial charge in [-0.2, -0.15) is 0 Å². The third-order valence-electron chi connectivity index (χ3n) is 5.53. The lowest BCUT2D eigenvalue weighted by atomic mass is 10.0. The first kappa shape index (κ1) is 20.5. The second-order valence-corrected chi connectivity index (χ2v) is 7.61. The number of amides is 4. The maximum atomic E-state index is 13.2. The van der Waals surface area contributed by atoms with Crippen LogP contribution < -0.4 is 10.6 Å². The van der Waals surface area contributed by atoms with Crippen molar-refractivity contribution in [1.29, 1.82) is 0 Å². The SMILES string of the molecule is O=CCC(Cc1ccccc1)Nc1cccc2c1C(=O)N(C1CCC(=O)NC1=O)C2=O. The molecule has 8 nitrogen and oxygen atoms in total. The van der Waals surface area contributed by atoms with E-state index >= 15 is 0 Å². The van der Waals surface area contributed by atoms with E-state index in [0.717, 1.165) is 16.7 Å². The smallest absolute Gasteiger partial charge is 0.264 e. The first-order valence-electron chi connectivity index (χ1n) is 10.1. The van der Waals surface area contributed by atoms with Crippen molar-refractivity contribution in [2.75, 3.05) is 5.32 Å². The molecule has 2 aromatic carbocycles. The second-order valence-electron chi connectivity index (χ2n) is 7.61. The highest BCUT2D eigenvalue weighted by Crippen LogP contribution is 2.33. The number of nitrogens with zero attached hydrogens (tertiary/aromatic N) is 1. The summed E-state index contributed by atoms with van der Waals surface area (Å²) in [5, 5.41) is 5.42. The normalized spacial score (nSPS) is 19.1. The molecule has 4 amide bonds. The second kappa shape index (κ2) is 8.51. The molecule has 2 atom stereocenters. The van der Waals surface area contributed by atoms with Gasteiger partial charge in [-0.1, -0.05) is 36.4 Å². The van der Waals surface area contributed by atoms with Crippen molar-refractivity contribution >= 4 is 35.6 Å². The molecule has 4 rings (SSSR count). The topological polar surface area (TPSA) is 113 Å². The Balaban J connectivity index is 1.61. The van der Waals surface area contributed by atoms with Gasteiger partial charge >= 0.3 is 0 Å². The number of aldehydes is 1. The highest BCUT2D eigenvalue weighted by atomic mass is 16.2. The van der Waals surface area contributed by atoms with E-state index in [9.17, 15) is 24.0 Å². The summed E-state index contributed by atoms with van der Waals surface area (Å²) in [7, 11) is 0. The average molecular weight is 419 g/mol. The Morgan fingerprint density at radius 3 is 2.52 bits per heavy atom. The van der Waals surface area contributed by atoms with E-state index in [1.165, 1.54) is 0 Å². The largest absolute Gasteiger partial charge is 0.381 e. The highest BCUT2D eigenvalue weighted by Gasteiger charge is 2.45. The monoisotopic (exact) mass is 419 g/mol. The minimum Gasteiger partial charge on any atom is -0.381 e. The zero-order chi connectivity index (χ0) is 22.0. The van der Waals surface area contributed by atoms with Gasteiger partial charge < -0.3 is 10.1 Å². The molecule has 158 valence electrons. The standard InChI is InChI=1S/C23H21N3O5/c27-12-11-15(13-14-5-2-1-3-6-14)24-17-8-4-7-16-20(17)23(31)26(22(16)30)18-9-10-19(28)25-21(18)29/h1-8,12,15,18,24H,9-11,13H2,(H,25,28,29). The maximum Gasteiger partial charge on any atom is 0.264 e. The van der Waals surface area contributed by atoms with Crippen LogP contribution in [-0.4, -0.2) is 46.9 Å². The molecule has 0 spiro atoms. The van der Waals surface area contributed by atoms with Crippen molar-refractivity contribution in [3.8, 4) is 0 Å². The van der Waals surface area contributed by atoms with Crippen molar-refractivity contribution < 1.29 is 24.0 Å².